The van der Waals surface area contributed by atoms with E-state index in [9.17, 15) is 8.42 Å². The van der Waals surface area contributed by atoms with Crippen LogP contribution in [0.4, 0.5) is 5.82 Å². The van der Waals surface area contributed by atoms with E-state index in [2.05, 4.69) is 41.3 Å². The summed E-state index contributed by atoms with van der Waals surface area (Å²) < 4.78 is 29.1. The second kappa shape index (κ2) is 7.72. The number of benzene rings is 1. The van der Waals surface area contributed by atoms with E-state index >= 15 is 0 Å². The summed E-state index contributed by atoms with van der Waals surface area (Å²) in [5, 5.41) is 15.2. The van der Waals surface area contributed by atoms with Crippen molar-refractivity contribution in [1.82, 2.24) is 24.7 Å². The van der Waals surface area contributed by atoms with E-state index in [0.29, 0.717) is 22.7 Å². The largest absolute Gasteiger partial charge is 0.367 e. The standard InChI is InChI=1S/C15H15BrN6O2S/c16-12-4-1-2-5-13(12)25(23,24)19-10-9-17-14-6-7-15(21-20-14)22-11-3-8-18-22/h1-8,11,19H,9-10H2,(H,17,20). The quantitative estimate of drug-likeness (QED) is 0.563. The van der Waals surface area contributed by atoms with E-state index in [-0.39, 0.29) is 11.4 Å². The van der Waals surface area contributed by atoms with Gasteiger partial charge in [-0.1, -0.05) is 12.1 Å². The van der Waals surface area contributed by atoms with Gasteiger partial charge in [-0.25, -0.2) is 17.8 Å². The van der Waals surface area contributed by atoms with Crippen molar-refractivity contribution in [1.29, 1.82) is 0 Å². The third-order valence-corrected chi connectivity index (χ3v) is 5.71. The first-order chi connectivity index (χ1) is 12.1. The molecule has 0 unspecified atom stereocenters. The summed E-state index contributed by atoms with van der Waals surface area (Å²) >= 11 is 3.24. The third-order valence-electron chi connectivity index (χ3n) is 3.24. The minimum absolute atomic E-state index is 0.207. The summed E-state index contributed by atoms with van der Waals surface area (Å²) in [7, 11) is -3.57. The molecular formula is C15H15BrN6O2S. The molecule has 2 N–H and O–H groups in total. The molecule has 2 aromatic heterocycles. The van der Waals surface area contributed by atoms with E-state index in [4.69, 9.17) is 0 Å². The molecule has 0 saturated carbocycles. The van der Waals surface area contributed by atoms with Gasteiger partial charge in [-0.3, -0.25) is 0 Å². The summed E-state index contributed by atoms with van der Waals surface area (Å²) in [5.41, 5.74) is 0. The molecule has 3 aromatic rings. The lowest BCUT2D eigenvalue weighted by atomic mass is 10.4. The fourth-order valence-electron chi connectivity index (χ4n) is 2.06. The molecule has 25 heavy (non-hydrogen) atoms. The Morgan fingerprint density at radius 2 is 1.88 bits per heavy atom. The fourth-order valence-corrected chi connectivity index (χ4v) is 4.10. The Balaban J connectivity index is 1.52. The molecule has 0 fully saturated rings. The van der Waals surface area contributed by atoms with Crippen LogP contribution >= 0.6 is 15.9 Å². The van der Waals surface area contributed by atoms with Gasteiger partial charge in [0.25, 0.3) is 0 Å². The average molecular weight is 423 g/mol. The first-order valence-electron chi connectivity index (χ1n) is 7.38. The summed E-state index contributed by atoms with van der Waals surface area (Å²) in [5.74, 6) is 1.15. The molecule has 3 rings (SSSR count). The fraction of sp³-hybridized carbons (Fsp3) is 0.133. The van der Waals surface area contributed by atoms with E-state index in [0.717, 1.165) is 0 Å². The molecule has 0 aliphatic heterocycles. The molecule has 0 atom stereocenters. The van der Waals surface area contributed by atoms with E-state index < -0.39 is 10.0 Å². The number of anilines is 1. The number of hydrogen-bond acceptors (Lipinski definition) is 6. The van der Waals surface area contributed by atoms with Crippen LogP contribution in [0, 0.1) is 0 Å². The molecule has 2 heterocycles. The van der Waals surface area contributed by atoms with E-state index in [1.807, 2.05) is 0 Å². The predicted octanol–water partition coefficient (Wildman–Crippen LogP) is 1.82. The van der Waals surface area contributed by atoms with Gasteiger partial charge in [0.05, 0.1) is 4.90 Å². The Morgan fingerprint density at radius 1 is 1.04 bits per heavy atom. The van der Waals surface area contributed by atoms with E-state index in [1.165, 1.54) is 0 Å². The van der Waals surface area contributed by atoms with Crippen molar-refractivity contribution in [2.45, 2.75) is 4.90 Å². The van der Waals surface area contributed by atoms with Crippen molar-refractivity contribution in [3.8, 4) is 5.82 Å². The molecule has 0 aliphatic rings. The van der Waals surface area contributed by atoms with Crippen molar-refractivity contribution in [2.24, 2.45) is 0 Å². The molecular weight excluding hydrogens is 408 g/mol. The normalized spacial score (nSPS) is 11.4. The molecule has 1 aromatic carbocycles. The number of halogens is 1. The predicted molar refractivity (Wildman–Crippen MR) is 97.0 cm³/mol. The number of rotatable bonds is 7. The SMILES string of the molecule is O=S(=O)(NCCNc1ccc(-n2cccn2)nn1)c1ccccc1Br. The van der Waals surface area contributed by atoms with Crippen LogP contribution in [0.5, 0.6) is 0 Å². The smallest absolute Gasteiger partial charge is 0.241 e. The van der Waals surface area contributed by atoms with Gasteiger partial charge in [0.2, 0.25) is 10.0 Å². The molecule has 0 radical (unpaired) electrons. The van der Waals surface area contributed by atoms with Crippen molar-refractivity contribution >= 4 is 31.8 Å². The summed E-state index contributed by atoms with van der Waals surface area (Å²) in [6.07, 6.45) is 3.43. The van der Waals surface area contributed by atoms with Crippen molar-refractivity contribution < 1.29 is 8.42 Å². The topological polar surface area (TPSA) is 102 Å². The maximum atomic E-state index is 12.2. The van der Waals surface area contributed by atoms with Crippen LogP contribution in [0.1, 0.15) is 0 Å². The minimum Gasteiger partial charge on any atom is -0.367 e. The highest BCUT2D eigenvalue weighted by Crippen LogP contribution is 2.20. The summed E-state index contributed by atoms with van der Waals surface area (Å²) in [6, 6.07) is 12.0. The average Bonchev–Trinajstić information content (AvgIpc) is 3.14. The van der Waals surface area contributed by atoms with Crippen LogP contribution in [0.15, 0.2) is 64.2 Å². The van der Waals surface area contributed by atoms with Gasteiger partial charge in [0.15, 0.2) is 5.82 Å². The molecule has 0 bridgehead atoms. The summed E-state index contributed by atoms with van der Waals surface area (Å²) in [6.45, 7) is 0.589. The van der Waals surface area contributed by atoms with Crippen LogP contribution in [-0.2, 0) is 10.0 Å². The van der Waals surface area contributed by atoms with E-state index in [1.54, 1.807) is 59.5 Å². The number of nitrogens with one attached hydrogen (secondary N) is 2. The Morgan fingerprint density at radius 3 is 2.56 bits per heavy atom. The Bertz CT molecular complexity index is 929. The lowest BCUT2D eigenvalue weighted by Crippen LogP contribution is -2.29. The molecule has 0 spiro atoms. The zero-order chi connectivity index (χ0) is 17.7. The molecule has 10 heteroatoms. The van der Waals surface area contributed by atoms with Gasteiger partial charge in [0.1, 0.15) is 5.82 Å². The first-order valence-corrected chi connectivity index (χ1v) is 9.66. The minimum atomic E-state index is -3.57. The number of hydrogen-bond donors (Lipinski definition) is 2. The molecule has 130 valence electrons. The maximum Gasteiger partial charge on any atom is 0.241 e. The highest BCUT2D eigenvalue weighted by molar-refractivity contribution is 9.10. The first kappa shape index (κ1) is 17.5. The maximum absolute atomic E-state index is 12.2. The second-order valence-electron chi connectivity index (χ2n) is 4.98. The lowest BCUT2D eigenvalue weighted by molar-refractivity contribution is 0.582. The van der Waals surface area contributed by atoms with Gasteiger partial charge in [-0.05, 0) is 46.3 Å². The van der Waals surface area contributed by atoms with Gasteiger partial charge in [-0.15, -0.1) is 10.2 Å². The van der Waals surface area contributed by atoms with Crippen LogP contribution in [0.25, 0.3) is 5.82 Å². The molecule has 0 aliphatic carbocycles. The zero-order valence-corrected chi connectivity index (χ0v) is 15.4. The number of nitrogens with zero attached hydrogens (tertiary/aromatic N) is 4. The van der Waals surface area contributed by atoms with Gasteiger partial charge in [0, 0.05) is 30.0 Å². The van der Waals surface area contributed by atoms with Gasteiger partial charge < -0.3 is 5.32 Å². The Labute approximate surface area is 153 Å². The Hall–Kier alpha value is -2.30. The highest BCUT2D eigenvalue weighted by Gasteiger charge is 2.16. The highest BCUT2D eigenvalue weighted by atomic mass is 79.9. The third kappa shape index (κ3) is 4.41. The van der Waals surface area contributed by atoms with Crippen LogP contribution in [0.2, 0.25) is 0 Å². The number of sulfonamides is 1. The monoisotopic (exact) mass is 422 g/mol. The second-order valence-corrected chi connectivity index (χ2v) is 7.57. The van der Waals surface area contributed by atoms with Crippen LogP contribution in [-0.4, -0.2) is 41.5 Å². The van der Waals surface area contributed by atoms with Crippen molar-refractivity contribution in [2.75, 3.05) is 18.4 Å². The van der Waals surface area contributed by atoms with Gasteiger partial charge in [-0.2, -0.15) is 5.10 Å². The lowest BCUT2D eigenvalue weighted by Gasteiger charge is -2.09. The van der Waals surface area contributed by atoms with Gasteiger partial charge >= 0.3 is 0 Å². The zero-order valence-electron chi connectivity index (χ0n) is 13.0. The van der Waals surface area contributed by atoms with Crippen LogP contribution in [0.3, 0.4) is 0 Å². The Kier molecular flexibility index (Phi) is 5.41. The summed E-state index contributed by atoms with van der Waals surface area (Å²) in [4.78, 5) is 0.207. The van der Waals surface area contributed by atoms with Crippen molar-refractivity contribution in [3.63, 3.8) is 0 Å². The molecule has 8 nitrogen and oxygen atoms in total. The van der Waals surface area contributed by atoms with Crippen molar-refractivity contribution in [3.05, 3.63) is 59.3 Å². The molecule has 0 amide bonds. The van der Waals surface area contributed by atoms with Crippen LogP contribution < -0.4 is 10.0 Å². The molecule has 0 saturated heterocycles. The number of aromatic nitrogens is 4.